The molecule has 0 aliphatic carbocycles. The van der Waals surface area contributed by atoms with Gasteiger partial charge < -0.3 is 20.7 Å². The van der Waals surface area contributed by atoms with E-state index in [4.69, 9.17) is 10.5 Å². The molecule has 3 N–H and O–H groups in total. The number of ether oxygens (including phenoxy) is 1. The van der Waals surface area contributed by atoms with E-state index in [-0.39, 0.29) is 11.6 Å². The van der Waals surface area contributed by atoms with E-state index in [2.05, 4.69) is 10.2 Å². The van der Waals surface area contributed by atoms with Crippen molar-refractivity contribution in [2.45, 2.75) is 19.8 Å². The Balaban J connectivity index is 2.23. The van der Waals surface area contributed by atoms with Gasteiger partial charge >= 0.3 is 0 Å². The summed E-state index contributed by atoms with van der Waals surface area (Å²) in [5.74, 6) is -0.580. The normalized spacial score (nSPS) is 10.9. The van der Waals surface area contributed by atoms with Gasteiger partial charge in [0.25, 0.3) is 0 Å². The molecule has 5 nitrogen and oxygen atoms in total. The fourth-order valence-electron chi connectivity index (χ4n) is 1.83. The molecule has 118 valence electrons. The van der Waals surface area contributed by atoms with Gasteiger partial charge in [0.2, 0.25) is 5.91 Å². The van der Waals surface area contributed by atoms with E-state index in [9.17, 15) is 9.18 Å². The number of likely N-dealkylation sites (N-methyl/N-ethyl adjacent to an activating group) is 1. The molecule has 0 atom stereocenters. The molecule has 0 heterocycles. The molecular weight excluding hydrogens is 273 g/mol. The van der Waals surface area contributed by atoms with Crippen molar-refractivity contribution in [2.75, 3.05) is 44.4 Å². The minimum Gasteiger partial charge on any atom is -0.396 e. The molecule has 0 aliphatic heterocycles. The molecule has 0 saturated heterocycles. The number of nitrogens with one attached hydrogen (secondary N) is 1. The Morgan fingerprint density at radius 3 is 2.86 bits per heavy atom. The summed E-state index contributed by atoms with van der Waals surface area (Å²) in [6, 6.07) is 4.16. The standard InChI is InChI=1S/C15H24FN3O2/c1-3-21-10-9-19(2)8-4-5-15(20)18-12-6-7-13(16)14(17)11-12/h6-7,11H,3-5,8-10,17H2,1-2H3,(H,18,20). The third kappa shape index (κ3) is 7.06. The van der Waals surface area contributed by atoms with Gasteiger partial charge in [0.15, 0.2) is 0 Å². The van der Waals surface area contributed by atoms with Crippen molar-refractivity contribution >= 4 is 17.3 Å². The van der Waals surface area contributed by atoms with Crippen molar-refractivity contribution in [1.82, 2.24) is 4.90 Å². The average molecular weight is 297 g/mol. The number of hydrogen-bond acceptors (Lipinski definition) is 4. The number of hydrogen-bond donors (Lipinski definition) is 2. The fourth-order valence-corrected chi connectivity index (χ4v) is 1.83. The number of nitrogens with two attached hydrogens (primary N) is 1. The number of rotatable bonds is 9. The number of carbonyl (C=O) groups is 1. The minimum absolute atomic E-state index is 0.0310. The zero-order chi connectivity index (χ0) is 15.7. The van der Waals surface area contributed by atoms with E-state index in [1.54, 1.807) is 0 Å². The Bertz CT molecular complexity index is 455. The van der Waals surface area contributed by atoms with Crippen LogP contribution in [0, 0.1) is 5.82 Å². The summed E-state index contributed by atoms with van der Waals surface area (Å²) in [6.45, 7) is 5.06. The van der Waals surface area contributed by atoms with Crippen molar-refractivity contribution in [3.05, 3.63) is 24.0 Å². The van der Waals surface area contributed by atoms with E-state index >= 15 is 0 Å². The van der Waals surface area contributed by atoms with Gasteiger partial charge in [-0.15, -0.1) is 0 Å². The molecule has 0 radical (unpaired) electrons. The highest BCUT2D eigenvalue weighted by atomic mass is 19.1. The highest BCUT2D eigenvalue weighted by Gasteiger charge is 2.06. The van der Waals surface area contributed by atoms with Crippen LogP contribution in [0.25, 0.3) is 0 Å². The van der Waals surface area contributed by atoms with Gasteiger partial charge in [0.1, 0.15) is 5.82 Å². The summed E-state index contributed by atoms with van der Waals surface area (Å²) in [6.07, 6.45) is 1.17. The lowest BCUT2D eigenvalue weighted by molar-refractivity contribution is -0.116. The third-order valence-corrected chi connectivity index (χ3v) is 3.04. The molecule has 0 fully saturated rings. The number of nitrogen functional groups attached to an aromatic ring is 1. The van der Waals surface area contributed by atoms with Gasteiger partial charge in [-0.2, -0.15) is 0 Å². The lowest BCUT2D eigenvalue weighted by Gasteiger charge is -2.16. The monoisotopic (exact) mass is 297 g/mol. The first-order valence-corrected chi connectivity index (χ1v) is 7.14. The maximum absolute atomic E-state index is 13.0. The van der Waals surface area contributed by atoms with Crippen LogP contribution in [0.1, 0.15) is 19.8 Å². The second kappa shape index (κ2) is 9.31. The molecule has 0 aliphatic rings. The van der Waals surface area contributed by atoms with Gasteiger partial charge in [-0.1, -0.05) is 0 Å². The smallest absolute Gasteiger partial charge is 0.224 e. The van der Waals surface area contributed by atoms with Crippen LogP contribution in [0.15, 0.2) is 18.2 Å². The predicted octanol–water partition coefficient (Wildman–Crippen LogP) is 2.09. The van der Waals surface area contributed by atoms with Crippen molar-refractivity contribution < 1.29 is 13.9 Å². The van der Waals surface area contributed by atoms with Crippen LogP contribution >= 0.6 is 0 Å². The fraction of sp³-hybridized carbons (Fsp3) is 0.533. The number of nitrogens with zero attached hydrogens (tertiary/aromatic N) is 1. The minimum atomic E-state index is -0.482. The van der Waals surface area contributed by atoms with E-state index in [0.29, 0.717) is 18.7 Å². The lowest BCUT2D eigenvalue weighted by atomic mass is 10.2. The van der Waals surface area contributed by atoms with E-state index in [1.807, 2.05) is 14.0 Å². The zero-order valence-corrected chi connectivity index (χ0v) is 12.7. The Kier molecular flexibility index (Phi) is 7.71. The number of halogens is 1. The van der Waals surface area contributed by atoms with Crippen LogP contribution in [0.3, 0.4) is 0 Å². The zero-order valence-electron chi connectivity index (χ0n) is 12.7. The summed E-state index contributed by atoms with van der Waals surface area (Å²) >= 11 is 0. The van der Waals surface area contributed by atoms with Gasteiger partial charge in [0.05, 0.1) is 12.3 Å². The third-order valence-electron chi connectivity index (χ3n) is 3.04. The van der Waals surface area contributed by atoms with Crippen LogP contribution < -0.4 is 11.1 Å². The number of anilines is 2. The van der Waals surface area contributed by atoms with Gasteiger partial charge in [-0.05, 0) is 45.1 Å². The Morgan fingerprint density at radius 2 is 2.19 bits per heavy atom. The SMILES string of the molecule is CCOCCN(C)CCCC(=O)Nc1ccc(F)c(N)c1. The second-order valence-electron chi connectivity index (χ2n) is 4.89. The maximum atomic E-state index is 13.0. The summed E-state index contributed by atoms with van der Waals surface area (Å²) in [5, 5.41) is 2.71. The summed E-state index contributed by atoms with van der Waals surface area (Å²) in [4.78, 5) is 13.9. The summed E-state index contributed by atoms with van der Waals surface area (Å²) in [5.41, 5.74) is 6.00. The van der Waals surface area contributed by atoms with Gasteiger partial charge in [-0.3, -0.25) is 4.79 Å². The topological polar surface area (TPSA) is 67.6 Å². The van der Waals surface area contributed by atoms with Gasteiger partial charge in [-0.25, -0.2) is 4.39 Å². The predicted molar refractivity (Wildman–Crippen MR) is 82.7 cm³/mol. The summed E-state index contributed by atoms with van der Waals surface area (Å²) in [7, 11) is 2.00. The highest BCUT2D eigenvalue weighted by Crippen LogP contribution is 2.16. The molecule has 0 unspecified atom stereocenters. The molecule has 1 rings (SSSR count). The Hall–Kier alpha value is -1.66. The van der Waals surface area contributed by atoms with Crippen LogP contribution in [0.5, 0.6) is 0 Å². The molecule has 1 aromatic carbocycles. The van der Waals surface area contributed by atoms with Crippen LogP contribution in [0.2, 0.25) is 0 Å². The molecule has 1 amide bonds. The molecule has 21 heavy (non-hydrogen) atoms. The second-order valence-corrected chi connectivity index (χ2v) is 4.89. The van der Waals surface area contributed by atoms with Crippen molar-refractivity contribution in [3.63, 3.8) is 0 Å². The molecule has 0 aromatic heterocycles. The molecule has 0 saturated carbocycles. The first kappa shape index (κ1) is 17.4. The molecule has 0 spiro atoms. The Morgan fingerprint density at radius 1 is 1.43 bits per heavy atom. The van der Waals surface area contributed by atoms with E-state index < -0.39 is 5.82 Å². The quantitative estimate of drug-likeness (QED) is 0.541. The first-order valence-electron chi connectivity index (χ1n) is 7.14. The van der Waals surface area contributed by atoms with Crippen LogP contribution in [-0.4, -0.2) is 44.2 Å². The number of amides is 1. The molecule has 1 aromatic rings. The summed E-state index contributed by atoms with van der Waals surface area (Å²) < 4.78 is 18.3. The molecule has 6 heteroatoms. The maximum Gasteiger partial charge on any atom is 0.224 e. The van der Waals surface area contributed by atoms with E-state index in [0.717, 1.165) is 26.1 Å². The van der Waals surface area contributed by atoms with Crippen molar-refractivity contribution in [1.29, 1.82) is 0 Å². The number of carbonyl (C=O) groups excluding carboxylic acids is 1. The van der Waals surface area contributed by atoms with Crippen molar-refractivity contribution in [2.24, 2.45) is 0 Å². The largest absolute Gasteiger partial charge is 0.396 e. The Labute approximate surface area is 125 Å². The van der Waals surface area contributed by atoms with Gasteiger partial charge in [0, 0.05) is 25.3 Å². The van der Waals surface area contributed by atoms with E-state index in [1.165, 1.54) is 18.2 Å². The lowest BCUT2D eigenvalue weighted by Crippen LogP contribution is -2.25. The number of benzene rings is 1. The van der Waals surface area contributed by atoms with Crippen LogP contribution in [-0.2, 0) is 9.53 Å². The van der Waals surface area contributed by atoms with Crippen molar-refractivity contribution in [3.8, 4) is 0 Å². The van der Waals surface area contributed by atoms with Crippen LogP contribution in [0.4, 0.5) is 15.8 Å². The average Bonchev–Trinajstić information content (AvgIpc) is 2.43. The molecular formula is C15H24FN3O2. The highest BCUT2D eigenvalue weighted by molar-refractivity contribution is 5.91. The molecule has 0 bridgehead atoms. The first-order chi connectivity index (χ1) is 10.0.